The molecule has 0 spiro atoms. The molecule has 4 heterocycles. The second-order valence-electron chi connectivity index (χ2n) is 10.1. The Morgan fingerprint density at radius 3 is 2.61 bits per heavy atom. The van der Waals surface area contributed by atoms with Crippen LogP contribution in [0.5, 0.6) is 0 Å². The Labute approximate surface area is 209 Å². The molecule has 1 fully saturated rings. The Hall–Kier alpha value is -3.88. The smallest absolute Gasteiger partial charge is 0.275 e. The van der Waals surface area contributed by atoms with E-state index in [-0.39, 0.29) is 29.2 Å². The number of piperazine rings is 1. The van der Waals surface area contributed by atoms with Crippen molar-refractivity contribution in [3.05, 3.63) is 64.9 Å². The van der Waals surface area contributed by atoms with E-state index in [4.69, 9.17) is 0 Å². The van der Waals surface area contributed by atoms with Gasteiger partial charge in [-0.15, -0.1) is 0 Å². The van der Waals surface area contributed by atoms with E-state index >= 15 is 0 Å². The van der Waals surface area contributed by atoms with Crippen LogP contribution in [0.3, 0.4) is 0 Å². The van der Waals surface area contributed by atoms with Crippen molar-refractivity contribution in [1.82, 2.24) is 24.4 Å². The first kappa shape index (κ1) is 23.8. The summed E-state index contributed by atoms with van der Waals surface area (Å²) in [6.45, 7) is 10.7. The maximum Gasteiger partial charge on any atom is 0.275 e. The average Bonchev–Trinajstić information content (AvgIpc) is 3.51. The molecule has 2 aromatic heterocycles. The fraction of sp³-hybridized carbons (Fsp3) is 0.370. The highest BCUT2D eigenvalue weighted by Gasteiger charge is 2.45. The van der Waals surface area contributed by atoms with E-state index in [9.17, 15) is 14.0 Å². The molecule has 186 valence electrons. The number of imidazole rings is 1. The van der Waals surface area contributed by atoms with Gasteiger partial charge in [0.2, 0.25) is 0 Å². The summed E-state index contributed by atoms with van der Waals surface area (Å²) in [6.07, 6.45) is 5.22. The molecule has 0 aliphatic carbocycles. The number of aryl methyl sites for hydroxylation is 1. The van der Waals surface area contributed by atoms with E-state index in [0.29, 0.717) is 36.5 Å². The molecule has 8 nitrogen and oxygen atoms in total. The van der Waals surface area contributed by atoms with Crippen LogP contribution in [-0.2, 0) is 4.79 Å². The zero-order chi connectivity index (χ0) is 25.8. The second kappa shape index (κ2) is 8.65. The van der Waals surface area contributed by atoms with Crippen LogP contribution in [0.2, 0.25) is 0 Å². The van der Waals surface area contributed by atoms with Crippen molar-refractivity contribution >= 4 is 23.7 Å². The fourth-order valence-corrected chi connectivity index (χ4v) is 4.77. The fourth-order valence-electron chi connectivity index (χ4n) is 4.77. The van der Waals surface area contributed by atoms with E-state index in [2.05, 4.69) is 15.1 Å². The molecule has 3 aromatic rings. The number of benzene rings is 1. The number of carbonyl (C=O) groups excluding carboxylic acids is 2. The maximum absolute atomic E-state index is 13.8. The van der Waals surface area contributed by atoms with E-state index in [1.807, 2.05) is 26.0 Å². The predicted octanol–water partition coefficient (Wildman–Crippen LogP) is 4.00. The number of aromatic nitrogens is 3. The number of rotatable bonds is 4. The summed E-state index contributed by atoms with van der Waals surface area (Å²) in [6, 6.07) is 6.83. The molecule has 0 saturated carbocycles. The third-order valence-electron chi connectivity index (χ3n) is 6.93. The molecule has 0 atom stereocenters. The van der Waals surface area contributed by atoms with Crippen LogP contribution in [0.25, 0.3) is 16.9 Å². The third kappa shape index (κ3) is 3.88. The molecule has 1 aromatic carbocycles. The van der Waals surface area contributed by atoms with Gasteiger partial charge >= 0.3 is 0 Å². The summed E-state index contributed by atoms with van der Waals surface area (Å²) >= 11 is 0. The van der Waals surface area contributed by atoms with E-state index in [1.54, 1.807) is 59.6 Å². The number of allylic oxidation sites excluding steroid dienone is 1. The van der Waals surface area contributed by atoms with Crippen molar-refractivity contribution in [2.24, 2.45) is 4.99 Å². The highest BCUT2D eigenvalue weighted by molar-refractivity contribution is 6.01. The van der Waals surface area contributed by atoms with Gasteiger partial charge in [-0.3, -0.25) is 14.6 Å². The Morgan fingerprint density at radius 1 is 1.17 bits per heavy atom. The first-order chi connectivity index (χ1) is 17.1. The number of amides is 2. The van der Waals surface area contributed by atoms with Crippen LogP contribution in [0.4, 0.5) is 4.39 Å². The number of halogens is 1. The van der Waals surface area contributed by atoms with Gasteiger partial charge in [-0.1, -0.05) is 13.8 Å². The van der Waals surface area contributed by atoms with Gasteiger partial charge < -0.3 is 9.80 Å². The zero-order valence-electron chi connectivity index (χ0n) is 21.1. The van der Waals surface area contributed by atoms with Gasteiger partial charge in [0.1, 0.15) is 17.1 Å². The minimum Gasteiger partial charge on any atom is -0.321 e. The van der Waals surface area contributed by atoms with E-state index in [1.165, 1.54) is 6.07 Å². The average molecular weight is 489 g/mol. The second-order valence-corrected chi connectivity index (χ2v) is 10.1. The van der Waals surface area contributed by atoms with Crippen molar-refractivity contribution in [1.29, 1.82) is 0 Å². The number of nitrogens with zero attached hydrogens (tertiary/aromatic N) is 6. The summed E-state index contributed by atoms with van der Waals surface area (Å²) in [5, 5.41) is 4.69. The maximum atomic E-state index is 13.8. The van der Waals surface area contributed by atoms with Crippen molar-refractivity contribution in [2.45, 2.75) is 46.1 Å². The summed E-state index contributed by atoms with van der Waals surface area (Å²) in [5.41, 5.74) is 3.46. The van der Waals surface area contributed by atoms with Gasteiger partial charge in [-0.2, -0.15) is 5.10 Å². The first-order valence-corrected chi connectivity index (χ1v) is 12.1. The highest BCUT2D eigenvalue weighted by Crippen LogP contribution is 2.30. The predicted molar refractivity (Wildman–Crippen MR) is 135 cm³/mol. The van der Waals surface area contributed by atoms with Crippen molar-refractivity contribution < 1.29 is 14.0 Å². The molecule has 2 aliphatic heterocycles. The lowest BCUT2D eigenvalue weighted by atomic mass is 9.96. The minimum atomic E-state index is -1.05. The number of carbonyl (C=O) groups is 2. The molecule has 0 N–H and O–H groups in total. The third-order valence-corrected chi connectivity index (χ3v) is 6.93. The van der Waals surface area contributed by atoms with Gasteiger partial charge in [-0.05, 0) is 62.6 Å². The largest absolute Gasteiger partial charge is 0.321 e. The minimum absolute atomic E-state index is 0.115. The van der Waals surface area contributed by atoms with Gasteiger partial charge in [0, 0.05) is 30.4 Å². The van der Waals surface area contributed by atoms with Crippen LogP contribution < -0.4 is 0 Å². The van der Waals surface area contributed by atoms with Gasteiger partial charge in [-0.25, -0.2) is 13.9 Å². The molecule has 5 rings (SSSR count). The quantitative estimate of drug-likeness (QED) is 0.556. The van der Waals surface area contributed by atoms with Crippen molar-refractivity contribution in [3.63, 3.8) is 0 Å². The Morgan fingerprint density at radius 2 is 1.94 bits per heavy atom. The Bertz CT molecular complexity index is 1450. The Kier molecular flexibility index (Phi) is 5.73. The van der Waals surface area contributed by atoms with Gasteiger partial charge in [0.05, 0.1) is 24.1 Å². The number of hydrogen-bond acceptors (Lipinski definition) is 5. The summed E-state index contributed by atoms with van der Waals surface area (Å²) in [5.74, 6) is -0.626. The van der Waals surface area contributed by atoms with Crippen LogP contribution in [0.15, 0.2) is 47.2 Å². The normalized spacial score (nSPS) is 17.4. The van der Waals surface area contributed by atoms with Crippen LogP contribution in [0, 0.1) is 12.7 Å². The number of fused-ring (bicyclic) bond motifs is 1. The summed E-state index contributed by atoms with van der Waals surface area (Å²) in [7, 11) is 0. The molecular weight excluding hydrogens is 459 g/mol. The number of aliphatic imine (C=N–C) groups is 1. The Balaban J connectivity index is 1.51. The summed E-state index contributed by atoms with van der Waals surface area (Å²) < 4.78 is 15.4. The molecule has 0 bridgehead atoms. The lowest BCUT2D eigenvalue weighted by molar-refractivity contribution is -0.143. The molecule has 9 heteroatoms. The molecule has 36 heavy (non-hydrogen) atoms. The topological polar surface area (TPSA) is 83.2 Å². The monoisotopic (exact) mass is 488 g/mol. The van der Waals surface area contributed by atoms with Crippen LogP contribution in [-0.4, -0.2) is 67.6 Å². The molecule has 0 radical (unpaired) electrons. The summed E-state index contributed by atoms with van der Waals surface area (Å²) in [4.78, 5) is 39.1. The zero-order valence-corrected chi connectivity index (χ0v) is 21.1. The lowest BCUT2D eigenvalue weighted by Gasteiger charge is -2.45. The van der Waals surface area contributed by atoms with E-state index in [0.717, 1.165) is 16.8 Å². The first-order valence-electron chi connectivity index (χ1n) is 12.1. The van der Waals surface area contributed by atoms with Crippen LogP contribution in [0.1, 0.15) is 55.2 Å². The molecule has 2 amide bonds. The SMILES string of the molecule is Cc1cc(-c2cc(C(C)C)c3nc(C(=O)N4CCN(C5=CCN=C5)C(=O)C4(C)C)cn3n2)ccc1F. The molecule has 2 aliphatic rings. The van der Waals surface area contributed by atoms with E-state index < -0.39 is 5.54 Å². The van der Waals surface area contributed by atoms with Crippen molar-refractivity contribution in [3.8, 4) is 11.3 Å². The molecular formula is C27H29FN6O2. The number of hydrogen-bond donors (Lipinski definition) is 0. The highest BCUT2D eigenvalue weighted by atomic mass is 19.1. The molecule has 1 saturated heterocycles. The van der Waals surface area contributed by atoms with Crippen LogP contribution >= 0.6 is 0 Å². The van der Waals surface area contributed by atoms with Gasteiger partial charge in [0.25, 0.3) is 11.8 Å². The molecule has 0 unspecified atom stereocenters. The van der Waals surface area contributed by atoms with Crippen molar-refractivity contribution in [2.75, 3.05) is 19.6 Å². The lowest BCUT2D eigenvalue weighted by Crippen LogP contribution is -2.64. The van der Waals surface area contributed by atoms with Gasteiger partial charge in [0.15, 0.2) is 5.65 Å². The standard InChI is InChI=1S/C27H29FN6O2/c1-16(2)20-13-22(18-6-7-21(28)17(3)12-18)31-34-15-23(30-24(20)34)25(35)33-11-10-32(19-8-9-29-14-19)26(36)27(33,4)5/h6-8,12-16H,9-11H2,1-5H3.